The maximum absolute atomic E-state index is 14.2. The lowest BCUT2D eigenvalue weighted by Gasteiger charge is -2.37. The first-order chi connectivity index (χ1) is 14.2. The van der Waals surface area contributed by atoms with Crippen LogP contribution in [0.25, 0.3) is 10.9 Å². The third kappa shape index (κ3) is 3.92. The van der Waals surface area contributed by atoms with E-state index in [1.165, 1.54) is 6.07 Å². The molecule has 158 valence electrons. The molecule has 1 saturated heterocycles. The second-order valence-corrected chi connectivity index (χ2v) is 8.22. The first kappa shape index (κ1) is 20.4. The van der Waals surface area contributed by atoms with Gasteiger partial charge in [-0.25, -0.2) is 8.78 Å². The number of hydrogen-bond donors (Lipinski definition) is 2. The number of rotatable bonds is 4. The Balaban J connectivity index is 1.68. The fourth-order valence-electron chi connectivity index (χ4n) is 3.81. The number of aryl methyl sites for hydroxylation is 1. The number of halogens is 2. The van der Waals surface area contributed by atoms with Crippen LogP contribution in [0.5, 0.6) is 0 Å². The van der Waals surface area contributed by atoms with Crippen LogP contribution in [0.15, 0.2) is 30.5 Å². The molecule has 30 heavy (non-hydrogen) atoms. The molecule has 3 heterocycles. The van der Waals surface area contributed by atoms with Crippen LogP contribution < -0.4 is 10.2 Å². The summed E-state index contributed by atoms with van der Waals surface area (Å²) in [7, 11) is 0. The molecule has 8 heteroatoms. The van der Waals surface area contributed by atoms with Gasteiger partial charge in [0, 0.05) is 24.0 Å². The summed E-state index contributed by atoms with van der Waals surface area (Å²) >= 11 is 0. The predicted octanol–water partition coefficient (Wildman–Crippen LogP) is 4.14. The van der Waals surface area contributed by atoms with Crippen molar-refractivity contribution in [2.75, 3.05) is 23.3 Å². The highest BCUT2D eigenvalue weighted by Gasteiger charge is 2.28. The van der Waals surface area contributed by atoms with Gasteiger partial charge in [-0.15, -0.1) is 5.10 Å². The van der Waals surface area contributed by atoms with E-state index in [1.807, 2.05) is 19.9 Å². The highest BCUT2D eigenvalue weighted by Crippen LogP contribution is 2.31. The maximum Gasteiger partial charge on any atom is 0.164 e. The minimum absolute atomic E-state index is 0.216. The molecule has 0 spiro atoms. The summed E-state index contributed by atoms with van der Waals surface area (Å²) in [4.78, 5) is 6.76. The summed E-state index contributed by atoms with van der Waals surface area (Å²) in [5.41, 5.74) is 1.89. The summed E-state index contributed by atoms with van der Waals surface area (Å²) in [5, 5.41) is 22.6. The largest absolute Gasteiger partial charge is 0.390 e. The Hall–Kier alpha value is -2.87. The molecule has 1 fully saturated rings. The number of aliphatic hydroxyl groups is 1. The highest BCUT2D eigenvalue weighted by atomic mass is 19.2. The monoisotopic (exact) mass is 413 g/mol. The van der Waals surface area contributed by atoms with E-state index in [1.54, 1.807) is 19.2 Å². The second kappa shape index (κ2) is 7.75. The van der Waals surface area contributed by atoms with Crippen molar-refractivity contribution in [3.8, 4) is 0 Å². The number of nitrogens with zero attached hydrogens (tertiary/aromatic N) is 4. The zero-order chi connectivity index (χ0) is 21.5. The Bertz CT molecular complexity index is 1080. The van der Waals surface area contributed by atoms with Crippen LogP contribution in [-0.2, 0) is 0 Å². The van der Waals surface area contributed by atoms with Crippen LogP contribution in [0.2, 0.25) is 0 Å². The summed E-state index contributed by atoms with van der Waals surface area (Å²) in [6.07, 6.45) is 3.16. The van der Waals surface area contributed by atoms with Gasteiger partial charge in [0.2, 0.25) is 0 Å². The number of pyridine rings is 1. The van der Waals surface area contributed by atoms with Gasteiger partial charge in [-0.2, -0.15) is 5.10 Å². The Morgan fingerprint density at radius 2 is 1.93 bits per heavy atom. The van der Waals surface area contributed by atoms with Crippen molar-refractivity contribution in [1.29, 1.82) is 0 Å². The average molecular weight is 413 g/mol. The van der Waals surface area contributed by atoms with Crippen LogP contribution in [0.4, 0.5) is 20.3 Å². The number of aromatic nitrogens is 3. The number of fused-ring (bicyclic) bond motifs is 1. The fourth-order valence-corrected chi connectivity index (χ4v) is 3.81. The quantitative estimate of drug-likeness (QED) is 0.670. The fraction of sp³-hybridized carbons (Fsp3) is 0.409. The Morgan fingerprint density at radius 1 is 1.20 bits per heavy atom. The number of benzene rings is 1. The first-order valence-corrected chi connectivity index (χ1v) is 10.1. The molecule has 1 atom stereocenters. The van der Waals surface area contributed by atoms with Gasteiger partial charge in [0.25, 0.3) is 0 Å². The van der Waals surface area contributed by atoms with Crippen molar-refractivity contribution in [2.45, 2.75) is 45.3 Å². The van der Waals surface area contributed by atoms with Gasteiger partial charge < -0.3 is 15.3 Å². The molecule has 0 unspecified atom stereocenters. The normalized spacial score (nSPS) is 17.2. The zero-order valence-corrected chi connectivity index (χ0v) is 17.3. The number of hydrogen-bond acceptors (Lipinski definition) is 6. The molecule has 1 aliphatic rings. The standard InChI is InChI=1S/C22H25F2N5O/c1-13(16-5-4-6-18(23)19(16)24)26-21-17-11-15(12-25-20(17)14(2)27-28-21)29-9-7-22(3,30)8-10-29/h4-6,11-13,30H,7-10H2,1-3H3,(H,26,28)/t13-/m1/s1. The predicted molar refractivity (Wildman–Crippen MR) is 113 cm³/mol. The van der Waals surface area contributed by atoms with Gasteiger partial charge in [0.05, 0.1) is 34.7 Å². The van der Waals surface area contributed by atoms with Crippen molar-refractivity contribution < 1.29 is 13.9 Å². The molecule has 3 aromatic rings. The summed E-state index contributed by atoms with van der Waals surface area (Å²) in [6, 6.07) is 5.59. The minimum atomic E-state index is -0.883. The molecule has 0 radical (unpaired) electrons. The van der Waals surface area contributed by atoms with Crippen LogP contribution in [-0.4, -0.2) is 39.0 Å². The molecule has 0 bridgehead atoms. The van der Waals surface area contributed by atoms with Gasteiger partial charge in [-0.1, -0.05) is 12.1 Å². The lowest BCUT2D eigenvalue weighted by atomic mass is 9.93. The van der Waals surface area contributed by atoms with Crippen molar-refractivity contribution in [2.24, 2.45) is 0 Å². The molecular formula is C22H25F2N5O. The van der Waals surface area contributed by atoms with Gasteiger partial charge in [0.15, 0.2) is 17.5 Å². The minimum Gasteiger partial charge on any atom is -0.390 e. The van der Waals surface area contributed by atoms with Crippen LogP contribution in [0, 0.1) is 18.6 Å². The Morgan fingerprint density at radius 3 is 2.67 bits per heavy atom. The third-order valence-electron chi connectivity index (χ3n) is 5.78. The number of nitrogens with one attached hydrogen (secondary N) is 1. The average Bonchev–Trinajstić information content (AvgIpc) is 2.72. The first-order valence-electron chi connectivity index (χ1n) is 10.1. The van der Waals surface area contributed by atoms with E-state index < -0.39 is 23.3 Å². The van der Waals surface area contributed by atoms with Gasteiger partial charge in [0.1, 0.15) is 0 Å². The summed E-state index contributed by atoms with van der Waals surface area (Å²) < 4.78 is 27.8. The van der Waals surface area contributed by atoms with Gasteiger partial charge in [-0.3, -0.25) is 4.98 Å². The third-order valence-corrected chi connectivity index (χ3v) is 5.78. The van der Waals surface area contributed by atoms with Crippen LogP contribution in [0.1, 0.15) is 44.0 Å². The molecule has 0 aliphatic carbocycles. The van der Waals surface area contributed by atoms with E-state index in [0.717, 1.165) is 30.2 Å². The smallest absolute Gasteiger partial charge is 0.164 e. The molecule has 1 aliphatic heterocycles. The molecular weight excluding hydrogens is 388 g/mol. The molecule has 0 saturated carbocycles. The number of piperidine rings is 1. The second-order valence-electron chi connectivity index (χ2n) is 8.22. The summed E-state index contributed by atoms with van der Waals surface area (Å²) in [5.74, 6) is -1.29. The molecule has 2 N–H and O–H groups in total. The molecule has 4 rings (SSSR count). The van der Waals surface area contributed by atoms with E-state index in [2.05, 4.69) is 25.4 Å². The van der Waals surface area contributed by atoms with Crippen LogP contribution >= 0.6 is 0 Å². The van der Waals surface area contributed by atoms with E-state index in [9.17, 15) is 13.9 Å². The topological polar surface area (TPSA) is 74.2 Å². The Kier molecular flexibility index (Phi) is 5.27. The van der Waals surface area contributed by atoms with E-state index in [4.69, 9.17) is 0 Å². The van der Waals surface area contributed by atoms with Crippen molar-refractivity contribution in [3.63, 3.8) is 0 Å². The lowest BCUT2D eigenvalue weighted by molar-refractivity contribution is 0.0351. The van der Waals surface area contributed by atoms with Gasteiger partial charge >= 0.3 is 0 Å². The SMILES string of the molecule is Cc1nnc(N[C@H](C)c2cccc(F)c2F)c2cc(N3CCC(C)(O)CC3)cnc12. The number of anilines is 2. The molecule has 0 amide bonds. The van der Waals surface area contributed by atoms with Crippen LogP contribution in [0.3, 0.4) is 0 Å². The van der Waals surface area contributed by atoms with E-state index in [-0.39, 0.29) is 5.56 Å². The summed E-state index contributed by atoms with van der Waals surface area (Å²) in [6.45, 7) is 6.89. The molecule has 2 aromatic heterocycles. The maximum atomic E-state index is 14.2. The zero-order valence-electron chi connectivity index (χ0n) is 17.3. The highest BCUT2D eigenvalue weighted by molar-refractivity contribution is 5.92. The van der Waals surface area contributed by atoms with Gasteiger partial charge in [-0.05, 0) is 45.7 Å². The molecule has 6 nitrogen and oxygen atoms in total. The Labute approximate surface area is 174 Å². The van der Waals surface area contributed by atoms with E-state index in [0.29, 0.717) is 29.9 Å². The van der Waals surface area contributed by atoms with E-state index >= 15 is 0 Å². The molecule has 1 aromatic carbocycles. The van der Waals surface area contributed by atoms with Crippen molar-refractivity contribution >= 4 is 22.4 Å². The lowest BCUT2D eigenvalue weighted by Crippen LogP contribution is -2.42. The van der Waals surface area contributed by atoms with Crippen molar-refractivity contribution in [1.82, 2.24) is 15.2 Å². The van der Waals surface area contributed by atoms with Crippen molar-refractivity contribution in [3.05, 3.63) is 53.4 Å².